The van der Waals surface area contributed by atoms with Gasteiger partial charge in [-0.25, -0.2) is 9.79 Å². The van der Waals surface area contributed by atoms with Crippen LogP contribution in [0.25, 0.3) is 6.08 Å². The third kappa shape index (κ3) is 3.79. The summed E-state index contributed by atoms with van der Waals surface area (Å²) in [4.78, 5) is 27.2. The highest BCUT2D eigenvalue weighted by Gasteiger charge is 2.24. The molecule has 0 saturated heterocycles. The Kier molecular flexibility index (Phi) is 4.40. The summed E-state index contributed by atoms with van der Waals surface area (Å²) in [5.74, 6) is -0.491. The molecule has 0 spiro atoms. The van der Waals surface area contributed by atoms with Gasteiger partial charge in [-0.1, -0.05) is 12.1 Å². The molecule has 122 valence electrons. The van der Waals surface area contributed by atoms with E-state index in [1.165, 1.54) is 6.92 Å². The zero-order valence-electron chi connectivity index (χ0n) is 13.3. The number of benzene rings is 2. The maximum atomic E-state index is 12.0. The lowest BCUT2D eigenvalue weighted by Crippen LogP contribution is -2.07. The highest BCUT2D eigenvalue weighted by atomic mass is 16.6. The average Bonchev–Trinajstić information content (AvgIpc) is 2.96. The Hall–Kier alpha value is -3.72. The molecule has 6 heteroatoms. The highest BCUT2D eigenvalue weighted by Crippen LogP contribution is 2.20. The molecular formula is C19H13N3O3. The van der Waals surface area contributed by atoms with E-state index in [2.05, 4.69) is 10.3 Å². The molecule has 1 amide bonds. The van der Waals surface area contributed by atoms with Crippen LogP contribution in [0.4, 0.5) is 5.69 Å². The number of hydrogen-bond acceptors (Lipinski definition) is 5. The zero-order valence-corrected chi connectivity index (χ0v) is 13.3. The fraction of sp³-hybridized carbons (Fsp3) is 0.0526. The standard InChI is InChI=1S/C19H13N3O3/c1-12(23)21-16-8-6-15(7-9-16)18-22-17(19(24)25-18)10-13-2-4-14(11-20)5-3-13/h2-10H,1H3,(H,21,23)/b17-10-. The second-order valence-corrected chi connectivity index (χ2v) is 5.33. The number of amides is 1. The Labute approximate surface area is 144 Å². The smallest absolute Gasteiger partial charge is 0.363 e. The molecular weight excluding hydrogens is 318 g/mol. The van der Waals surface area contributed by atoms with Crippen molar-refractivity contribution < 1.29 is 14.3 Å². The van der Waals surface area contributed by atoms with Crippen molar-refractivity contribution in [3.05, 3.63) is 70.9 Å². The first-order chi connectivity index (χ1) is 12.0. The first kappa shape index (κ1) is 16.1. The van der Waals surface area contributed by atoms with Gasteiger partial charge < -0.3 is 10.1 Å². The maximum Gasteiger partial charge on any atom is 0.363 e. The predicted molar refractivity (Wildman–Crippen MR) is 92.5 cm³/mol. The lowest BCUT2D eigenvalue weighted by Gasteiger charge is -2.03. The normalized spacial score (nSPS) is 14.6. The molecule has 1 heterocycles. The molecule has 1 N–H and O–H groups in total. The number of cyclic esters (lactones) is 1. The summed E-state index contributed by atoms with van der Waals surface area (Å²) in [5.41, 5.74) is 2.75. The van der Waals surface area contributed by atoms with Gasteiger partial charge in [0.1, 0.15) is 0 Å². The minimum atomic E-state index is -0.537. The van der Waals surface area contributed by atoms with Gasteiger partial charge in [-0.15, -0.1) is 0 Å². The molecule has 1 aliphatic heterocycles. The van der Waals surface area contributed by atoms with Crippen molar-refractivity contribution in [1.29, 1.82) is 5.26 Å². The summed E-state index contributed by atoms with van der Waals surface area (Å²) >= 11 is 0. The molecule has 25 heavy (non-hydrogen) atoms. The molecule has 2 aromatic rings. The molecule has 6 nitrogen and oxygen atoms in total. The van der Waals surface area contributed by atoms with E-state index in [1.807, 2.05) is 6.07 Å². The van der Waals surface area contributed by atoms with E-state index < -0.39 is 5.97 Å². The minimum Gasteiger partial charge on any atom is -0.402 e. The Morgan fingerprint density at radius 3 is 2.44 bits per heavy atom. The molecule has 0 atom stereocenters. The predicted octanol–water partition coefficient (Wildman–Crippen LogP) is 2.86. The number of ether oxygens (including phenoxy) is 1. The highest BCUT2D eigenvalue weighted by molar-refractivity contribution is 6.13. The second kappa shape index (κ2) is 6.81. The van der Waals surface area contributed by atoms with Crippen LogP contribution >= 0.6 is 0 Å². The van der Waals surface area contributed by atoms with Gasteiger partial charge in [0.25, 0.3) is 0 Å². The molecule has 2 aromatic carbocycles. The number of hydrogen-bond donors (Lipinski definition) is 1. The largest absolute Gasteiger partial charge is 0.402 e. The molecule has 0 aromatic heterocycles. The molecule has 0 radical (unpaired) electrons. The number of carbonyl (C=O) groups excluding carboxylic acids is 2. The number of aliphatic imine (C=N–C) groups is 1. The fourth-order valence-corrected chi connectivity index (χ4v) is 2.24. The monoisotopic (exact) mass is 331 g/mol. The molecule has 0 unspecified atom stereocenters. The number of nitrogens with one attached hydrogen (secondary N) is 1. The van der Waals surface area contributed by atoms with Gasteiger partial charge in [0, 0.05) is 18.2 Å². The third-order valence-corrected chi connectivity index (χ3v) is 3.42. The van der Waals surface area contributed by atoms with E-state index >= 15 is 0 Å². The Bertz CT molecular complexity index is 933. The van der Waals surface area contributed by atoms with Crippen LogP contribution in [-0.2, 0) is 14.3 Å². The number of esters is 1. The second-order valence-electron chi connectivity index (χ2n) is 5.33. The number of nitriles is 1. The Balaban J connectivity index is 1.83. The lowest BCUT2D eigenvalue weighted by molar-refractivity contribution is -0.129. The van der Waals surface area contributed by atoms with Crippen molar-refractivity contribution >= 4 is 29.5 Å². The van der Waals surface area contributed by atoms with Gasteiger partial charge >= 0.3 is 5.97 Å². The summed E-state index contributed by atoms with van der Waals surface area (Å²) in [6.07, 6.45) is 1.60. The average molecular weight is 331 g/mol. The fourth-order valence-electron chi connectivity index (χ4n) is 2.24. The first-order valence-corrected chi connectivity index (χ1v) is 7.46. The number of rotatable bonds is 3. The summed E-state index contributed by atoms with van der Waals surface area (Å²) in [6, 6.07) is 15.7. The summed E-state index contributed by atoms with van der Waals surface area (Å²) < 4.78 is 5.20. The number of anilines is 1. The van der Waals surface area contributed by atoms with Gasteiger partial charge in [-0.2, -0.15) is 5.26 Å². The van der Waals surface area contributed by atoms with Crippen LogP contribution in [0.2, 0.25) is 0 Å². The van der Waals surface area contributed by atoms with E-state index in [-0.39, 0.29) is 17.5 Å². The summed E-state index contributed by atoms with van der Waals surface area (Å²) in [5, 5.41) is 11.5. The SMILES string of the molecule is CC(=O)Nc1ccc(C2=N/C(=C\c3ccc(C#N)cc3)C(=O)O2)cc1. The van der Waals surface area contributed by atoms with Crippen LogP contribution < -0.4 is 5.32 Å². The van der Waals surface area contributed by atoms with Crippen molar-refractivity contribution in [2.45, 2.75) is 6.92 Å². The van der Waals surface area contributed by atoms with Crippen molar-refractivity contribution in [3.63, 3.8) is 0 Å². The van der Waals surface area contributed by atoms with Gasteiger partial charge in [0.05, 0.1) is 11.6 Å². The molecule has 1 aliphatic rings. The van der Waals surface area contributed by atoms with Crippen molar-refractivity contribution in [1.82, 2.24) is 0 Å². The lowest BCUT2D eigenvalue weighted by atomic mass is 10.1. The zero-order chi connectivity index (χ0) is 17.8. The van der Waals surface area contributed by atoms with E-state index in [0.29, 0.717) is 16.8 Å². The Morgan fingerprint density at radius 2 is 1.84 bits per heavy atom. The van der Waals surface area contributed by atoms with Gasteiger partial charge in [0.15, 0.2) is 5.70 Å². The third-order valence-electron chi connectivity index (χ3n) is 3.42. The van der Waals surface area contributed by atoms with Crippen LogP contribution in [0.1, 0.15) is 23.6 Å². The van der Waals surface area contributed by atoms with Crippen LogP contribution in [0.15, 0.2) is 59.2 Å². The maximum absolute atomic E-state index is 12.0. The van der Waals surface area contributed by atoms with Gasteiger partial charge in [-0.3, -0.25) is 4.79 Å². The van der Waals surface area contributed by atoms with Gasteiger partial charge in [-0.05, 0) is 48.0 Å². The van der Waals surface area contributed by atoms with E-state index in [1.54, 1.807) is 54.6 Å². The molecule has 3 rings (SSSR count). The number of carbonyl (C=O) groups is 2. The van der Waals surface area contributed by atoms with Crippen LogP contribution in [0.3, 0.4) is 0 Å². The van der Waals surface area contributed by atoms with E-state index in [0.717, 1.165) is 5.56 Å². The topological polar surface area (TPSA) is 91.5 Å². The first-order valence-electron chi connectivity index (χ1n) is 7.46. The van der Waals surface area contributed by atoms with Crippen LogP contribution in [0.5, 0.6) is 0 Å². The molecule has 0 aliphatic carbocycles. The molecule has 0 bridgehead atoms. The van der Waals surface area contributed by atoms with Crippen molar-refractivity contribution in [3.8, 4) is 6.07 Å². The molecule has 0 fully saturated rings. The summed E-state index contributed by atoms with van der Waals surface area (Å²) in [6.45, 7) is 1.43. The van der Waals surface area contributed by atoms with Gasteiger partial charge in [0.2, 0.25) is 11.8 Å². The van der Waals surface area contributed by atoms with Crippen molar-refractivity contribution in [2.24, 2.45) is 4.99 Å². The van der Waals surface area contributed by atoms with Crippen LogP contribution in [0, 0.1) is 11.3 Å². The van der Waals surface area contributed by atoms with Crippen molar-refractivity contribution in [2.75, 3.05) is 5.32 Å². The summed E-state index contributed by atoms with van der Waals surface area (Å²) in [7, 11) is 0. The number of nitrogens with zero attached hydrogens (tertiary/aromatic N) is 2. The minimum absolute atomic E-state index is 0.162. The quantitative estimate of drug-likeness (QED) is 0.691. The Morgan fingerprint density at radius 1 is 1.16 bits per heavy atom. The van der Waals surface area contributed by atoms with E-state index in [9.17, 15) is 9.59 Å². The van der Waals surface area contributed by atoms with E-state index in [4.69, 9.17) is 10.00 Å². The molecule has 0 saturated carbocycles. The van der Waals surface area contributed by atoms with Crippen LogP contribution in [-0.4, -0.2) is 17.8 Å².